The molecule has 0 unspecified atom stereocenters. The zero-order chi connectivity index (χ0) is 39.4. The first kappa shape index (κ1) is 39.9. The van der Waals surface area contributed by atoms with Crippen molar-refractivity contribution in [1.82, 2.24) is 24.8 Å². The van der Waals surface area contributed by atoms with Crippen LogP contribution >= 0.6 is 0 Å². The Morgan fingerprint density at radius 1 is 0.909 bits per heavy atom. The van der Waals surface area contributed by atoms with Crippen LogP contribution in [0, 0.1) is 0 Å². The molecule has 294 valence electrons. The predicted octanol–water partition coefficient (Wildman–Crippen LogP) is 6.02. The number of hydrogen-bond donors (Lipinski definition) is 2. The van der Waals surface area contributed by atoms with Gasteiger partial charge in [-0.15, -0.1) is 0 Å². The van der Waals surface area contributed by atoms with E-state index in [1.807, 2.05) is 74.5 Å². The van der Waals surface area contributed by atoms with Gasteiger partial charge in [-0.2, -0.15) is 0 Å². The minimum atomic E-state index is -2.09. The number of esters is 2. The van der Waals surface area contributed by atoms with Crippen LogP contribution in [0.15, 0.2) is 73.3 Å². The molecule has 2 fully saturated rings. The summed E-state index contributed by atoms with van der Waals surface area (Å²) in [6, 6.07) is 16.4. The molecule has 15 nitrogen and oxygen atoms in total. The van der Waals surface area contributed by atoms with E-state index < -0.39 is 62.7 Å². The van der Waals surface area contributed by atoms with E-state index in [-0.39, 0.29) is 42.4 Å². The highest BCUT2D eigenvalue weighted by molar-refractivity contribution is 6.74. The first-order valence-corrected chi connectivity index (χ1v) is 21.3. The van der Waals surface area contributed by atoms with Gasteiger partial charge in [0, 0.05) is 6.42 Å². The second-order valence-electron chi connectivity index (χ2n) is 15.7. The molecule has 2 aliphatic rings. The summed E-state index contributed by atoms with van der Waals surface area (Å²) in [5.74, 6) is -2.00. The standard InChI is InChI=1S/C39H50N6O9Si/c1-38(2,3)55(6,7)51-22-28-31-32(54-39(4,5)53-31)35(52-28)45-24-42-30-33(40-23-41-34(30)45)44-37(48)43-27(36(47)50-21-26-16-12-9-13-17-26)18-19-29(46)49-20-25-14-10-8-11-15-25/h8-17,23-24,27-28,31-32,35H,18-22H2,1-7H3,(H2,40,41,43,44,48)/t27-,28+,31+,32+,35+/m0/s1. The molecular weight excluding hydrogens is 725 g/mol. The Labute approximate surface area is 321 Å². The Bertz CT molecular complexity index is 1950. The zero-order valence-electron chi connectivity index (χ0n) is 32.3. The van der Waals surface area contributed by atoms with Crippen LogP contribution in [0.25, 0.3) is 11.2 Å². The Hall–Kier alpha value is -4.74. The Kier molecular flexibility index (Phi) is 12.0. The normalized spacial score (nSPS) is 21.1. The summed E-state index contributed by atoms with van der Waals surface area (Å²) >= 11 is 0. The fourth-order valence-corrected chi connectivity index (χ4v) is 7.12. The lowest BCUT2D eigenvalue weighted by molar-refractivity contribution is -0.199. The number of benzene rings is 2. The number of rotatable bonds is 14. The summed E-state index contributed by atoms with van der Waals surface area (Å²) in [5.41, 5.74) is 2.26. The van der Waals surface area contributed by atoms with Gasteiger partial charge in [-0.05, 0) is 49.5 Å². The number of carbonyl (C=O) groups is 3. The molecule has 4 heterocycles. The molecule has 0 saturated carbocycles. The first-order chi connectivity index (χ1) is 26.1. The first-order valence-electron chi connectivity index (χ1n) is 18.4. The Morgan fingerprint density at radius 3 is 2.20 bits per heavy atom. The minimum Gasteiger partial charge on any atom is -0.461 e. The van der Waals surface area contributed by atoms with E-state index >= 15 is 0 Å². The number of carbonyl (C=O) groups excluding carboxylic acids is 3. The van der Waals surface area contributed by atoms with Crippen LogP contribution in [0.2, 0.25) is 18.1 Å². The van der Waals surface area contributed by atoms with Crippen LogP contribution in [0.5, 0.6) is 0 Å². The fourth-order valence-electron chi connectivity index (χ4n) is 6.11. The molecule has 4 aromatic rings. The summed E-state index contributed by atoms with van der Waals surface area (Å²) in [5, 5.41) is 5.34. The van der Waals surface area contributed by atoms with Gasteiger partial charge in [-0.1, -0.05) is 81.4 Å². The maximum Gasteiger partial charge on any atom is 0.329 e. The lowest BCUT2D eigenvalue weighted by atomic mass is 10.1. The molecule has 0 bridgehead atoms. The van der Waals surface area contributed by atoms with Gasteiger partial charge in [0.2, 0.25) is 0 Å². The van der Waals surface area contributed by atoms with Gasteiger partial charge < -0.3 is 33.4 Å². The maximum atomic E-state index is 13.4. The van der Waals surface area contributed by atoms with Gasteiger partial charge >= 0.3 is 18.0 Å². The van der Waals surface area contributed by atoms with E-state index in [9.17, 15) is 14.4 Å². The number of anilines is 1. The molecule has 2 saturated heterocycles. The summed E-state index contributed by atoms with van der Waals surface area (Å²) in [4.78, 5) is 52.6. The number of imidazole rings is 1. The van der Waals surface area contributed by atoms with Crippen molar-refractivity contribution in [3.8, 4) is 0 Å². The van der Waals surface area contributed by atoms with Gasteiger partial charge in [0.15, 0.2) is 37.3 Å². The highest BCUT2D eigenvalue weighted by Gasteiger charge is 2.56. The molecule has 2 aromatic heterocycles. The predicted molar refractivity (Wildman–Crippen MR) is 204 cm³/mol. The van der Waals surface area contributed by atoms with E-state index in [0.717, 1.165) is 11.1 Å². The highest BCUT2D eigenvalue weighted by atomic mass is 28.4. The van der Waals surface area contributed by atoms with Crippen molar-refractivity contribution >= 4 is 43.3 Å². The summed E-state index contributed by atoms with van der Waals surface area (Å²) in [6.07, 6.45) is 0.677. The summed E-state index contributed by atoms with van der Waals surface area (Å²) in [6.45, 7) is 15.1. The third-order valence-corrected chi connectivity index (χ3v) is 14.6. The molecule has 2 N–H and O–H groups in total. The number of nitrogens with zero attached hydrogens (tertiary/aromatic N) is 4. The van der Waals surface area contributed by atoms with Crippen LogP contribution in [0.3, 0.4) is 0 Å². The number of amides is 2. The number of fused-ring (bicyclic) bond motifs is 2. The molecule has 0 radical (unpaired) electrons. The summed E-state index contributed by atoms with van der Waals surface area (Å²) in [7, 11) is -2.09. The second-order valence-corrected chi connectivity index (χ2v) is 20.5. The van der Waals surface area contributed by atoms with Crippen LogP contribution in [0.1, 0.15) is 64.8 Å². The highest BCUT2D eigenvalue weighted by Crippen LogP contribution is 2.45. The van der Waals surface area contributed by atoms with E-state index in [1.54, 1.807) is 10.9 Å². The molecule has 5 atom stereocenters. The van der Waals surface area contributed by atoms with E-state index in [2.05, 4.69) is 59.5 Å². The average Bonchev–Trinajstić information content (AvgIpc) is 3.82. The number of hydrogen-bond acceptors (Lipinski definition) is 12. The molecule has 55 heavy (non-hydrogen) atoms. The molecule has 16 heteroatoms. The number of urea groups is 1. The van der Waals surface area contributed by atoms with Crippen molar-refractivity contribution in [1.29, 1.82) is 0 Å². The van der Waals surface area contributed by atoms with Crippen LogP contribution in [0.4, 0.5) is 10.6 Å². The van der Waals surface area contributed by atoms with Gasteiger partial charge in [0.05, 0.1) is 12.9 Å². The SMILES string of the molecule is CC1(C)O[C@@H]2[C@H](O1)[C@@H](CO[Si](C)(C)C(C)(C)C)O[C@H]2n1cnc2c(NC(=O)N[C@@H](CCC(=O)OCc3ccccc3)C(=O)OCc3ccccc3)ncnc21. The van der Waals surface area contributed by atoms with Crippen molar-refractivity contribution < 1.29 is 42.5 Å². The second kappa shape index (κ2) is 16.5. The van der Waals surface area contributed by atoms with Gasteiger partial charge in [0.25, 0.3) is 0 Å². The monoisotopic (exact) mass is 774 g/mol. The maximum absolute atomic E-state index is 13.4. The molecule has 0 spiro atoms. The van der Waals surface area contributed by atoms with Crippen molar-refractivity contribution in [2.75, 3.05) is 11.9 Å². The fraction of sp³-hybridized carbons (Fsp3) is 0.487. The average molecular weight is 775 g/mol. The third kappa shape index (κ3) is 9.74. The van der Waals surface area contributed by atoms with E-state index in [1.165, 1.54) is 6.33 Å². The largest absolute Gasteiger partial charge is 0.461 e. The molecule has 2 aliphatic heterocycles. The molecule has 2 aromatic carbocycles. The van der Waals surface area contributed by atoms with Crippen molar-refractivity contribution in [3.05, 3.63) is 84.4 Å². The van der Waals surface area contributed by atoms with Gasteiger partial charge in [-0.3, -0.25) is 14.7 Å². The van der Waals surface area contributed by atoms with Crippen molar-refractivity contribution in [2.45, 2.75) is 115 Å². The Balaban J connectivity index is 1.14. The number of aromatic nitrogens is 4. The van der Waals surface area contributed by atoms with Crippen LogP contribution in [-0.2, 0) is 50.9 Å². The van der Waals surface area contributed by atoms with Gasteiger partial charge in [0.1, 0.15) is 43.9 Å². The van der Waals surface area contributed by atoms with Crippen molar-refractivity contribution in [3.63, 3.8) is 0 Å². The smallest absolute Gasteiger partial charge is 0.329 e. The Morgan fingerprint density at radius 2 is 1.55 bits per heavy atom. The molecule has 2 amide bonds. The van der Waals surface area contributed by atoms with E-state index in [4.69, 9.17) is 28.1 Å². The van der Waals surface area contributed by atoms with Crippen molar-refractivity contribution in [2.24, 2.45) is 0 Å². The van der Waals surface area contributed by atoms with Crippen LogP contribution in [-0.4, -0.2) is 82.6 Å². The molecule has 6 rings (SSSR count). The molecular formula is C39H50N6O9Si. The minimum absolute atomic E-state index is 0.0117. The number of ether oxygens (including phenoxy) is 5. The topological polar surface area (TPSA) is 174 Å². The zero-order valence-corrected chi connectivity index (χ0v) is 33.3. The third-order valence-electron chi connectivity index (χ3n) is 10.1. The quantitative estimate of drug-likeness (QED) is 0.113. The lowest BCUT2D eigenvalue weighted by Crippen LogP contribution is -2.44. The van der Waals surface area contributed by atoms with E-state index in [0.29, 0.717) is 12.3 Å². The number of nitrogens with one attached hydrogen (secondary N) is 2. The molecule has 0 aliphatic carbocycles. The summed E-state index contributed by atoms with van der Waals surface area (Å²) < 4.78 is 38.4. The van der Waals surface area contributed by atoms with Gasteiger partial charge in [-0.25, -0.2) is 24.5 Å². The van der Waals surface area contributed by atoms with Crippen LogP contribution < -0.4 is 10.6 Å². The lowest BCUT2D eigenvalue weighted by Gasteiger charge is -2.37.